The molecule has 0 atom stereocenters. The van der Waals surface area contributed by atoms with E-state index >= 15 is 0 Å². The van der Waals surface area contributed by atoms with Crippen LogP contribution >= 0.6 is 11.8 Å². The number of rotatable bonds is 7. The number of nitrogens with two attached hydrogens (primary N) is 1. The van der Waals surface area contributed by atoms with Crippen molar-refractivity contribution in [3.05, 3.63) is 59.0 Å². The van der Waals surface area contributed by atoms with E-state index in [1.54, 1.807) is 43.0 Å². The van der Waals surface area contributed by atoms with Gasteiger partial charge in [0.2, 0.25) is 5.91 Å². The SMILES string of the molecule is CSc1ccc(CNc2cc(Nc3cn(C)nc3C)ncc2C(F)(F)F)c(C(N)=O)c1. The number of hydrogen-bond donors (Lipinski definition) is 3. The van der Waals surface area contributed by atoms with Gasteiger partial charge in [-0.1, -0.05) is 6.07 Å². The summed E-state index contributed by atoms with van der Waals surface area (Å²) < 4.78 is 42.1. The van der Waals surface area contributed by atoms with Gasteiger partial charge in [-0.15, -0.1) is 11.8 Å². The average Bonchev–Trinajstić information content (AvgIpc) is 3.02. The molecule has 3 aromatic rings. The highest BCUT2D eigenvalue weighted by Crippen LogP contribution is 2.36. The van der Waals surface area contributed by atoms with Gasteiger partial charge in [-0.25, -0.2) is 4.98 Å². The highest BCUT2D eigenvalue weighted by Gasteiger charge is 2.34. The minimum Gasteiger partial charge on any atom is -0.380 e. The lowest BCUT2D eigenvalue weighted by atomic mass is 10.1. The summed E-state index contributed by atoms with van der Waals surface area (Å²) in [6.07, 6.45) is -0.285. The molecule has 3 rings (SSSR count). The Kier molecular flexibility index (Phi) is 6.44. The van der Waals surface area contributed by atoms with Crippen molar-refractivity contribution in [3.63, 3.8) is 0 Å². The van der Waals surface area contributed by atoms with Crippen LogP contribution in [-0.2, 0) is 19.8 Å². The Labute approximate surface area is 181 Å². The van der Waals surface area contributed by atoms with Crippen molar-refractivity contribution in [1.29, 1.82) is 0 Å². The zero-order valence-electron chi connectivity index (χ0n) is 17.0. The molecule has 0 aliphatic heterocycles. The smallest absolute Gasteiger partial charge is 0.380 e. The zero-order chi connectivity index (χ0) is 22.8. The normalized spacial score (nSPS) is 11.4. The van der Waals surface area contributed by atoms with E-state index in [-0.39, 0.29) is 23.6 Å². The molecule has 31 heavy (non-hydrogen) atoms. The molecule has 0 spiro atoms. The lowest BCUT2D eigenvalue weighted by Crippen LogP contribution is -2.17. The fourth-order valence-corrected chi connectivity index (χ4v) is 3.45. The zero-order valence-corrected chi connectivity index (χ0v) is 17.9. The van der Waals surface area contributed by atoms with Gasteiger partial charge in [0.25, 0.3) is 0 Å². The summed E-state index contributed by atoms with van der Waals surface area (Å²) in [6, 6.07) is 6.35. The van der Waals surface area contributed by atoms with E-state index in [2.05, 4.69) is 20.7 Å². The molecule has 0 aliphatic rings. The van der Waals surface area contributed by atoms with Crippen LogP contribution in [0.1, 0.15) is 27.2 Å². The minimum absolute atomic E-state index is 0.0224. The van der Waals surface area contributed by atoms with Gasteiger partial charge in [0.05, 0.1) is 22.6 Å². The molecule has 0 saturated carbocycles. The molecule has 2 aromatic heterocycles. The number of aryl methyl sites for hydroxylation is 2. The Balaban J connectivity index is 1.92. The molecule has 0 radical (unpaired) electrons. The van der Waals surface area contributed by atoms with E-state index in [0.717, 1.165) is 11.1 Å². The molecule has 0 unspecified atom stereocenters. The van der Waals surface area contributed by atoms with Crippen LogP contribution in [0.2, 0.25) is 0 Å². The van der Waals surface area contributed by atoms with Crippen LogP contribution in [0, 0.1) is 6.92 Å². The van der Waals surface area contributed by atoms with Crippen LogP contribution in [0.3, 0.4) is 0 Å². The number of primary amides is 1. The average molecular weight is 450 g/mol. The van der Waals surface area contributed by atoms with Crippen LogP contribution in [0.5, 0.6) is 0 Å². The second kappa shape index (κ2) is 8.88. The van der Waals surface area contributed by atoms with E-state index < -0.39 is 17.6 Å². The molecule has 11 heteroatoms. The van der Waals surface area contributed by atoms with Crippen molar-refractivity contribution in [2.24, 2.45) is 12.8 Å². The largest absolute Gasteiger partial charge is 0.419 e. The Hall–Kier alpha value is -3.21. The van der Waals surface area contributed by atoms with E-state index in [1.807, 2.05) is 6.26 Å². The third-order valence-electron chi connectivity index (χ3n) is 4.54. The Morgan fingerprint density at radius 2 is 2.00 bits per heavy atom. The van der Waals surface area contributed by atoms with Crippen LogP contribution in [0.25, 0.3) is 0 Å². The summed E-state index contributed by atoms with van der Waals surface area (Å²) in [7, 11) is 1.74. The molecule has 0 saturated heterocycles. The molecule has 0 fully saturated rings. The highest BCUT2D eigenvalue weighted by molar-refractivity contribution is 7.98. The molecule has 1 aromatic carbocycles. The molecule has 7 nitrogen and oxygen atoms in total. The van der Waals surface area contributed by atoms with Crippen molar-refractivity contribution in [3.8, 4) is 0 Å². The van der Waals surface area contributed by atoms with Crippen molar-refractivity contribution in [2.75, 3.05) is 16.9 Å². The maximum absolute atomic E-state index is 13.5. The van der Waals surface area contributed by atoms with Gasteiger partial charge in [-0.05, 0) is 30.9 Å². The number of carbonyl (C=O) groups excluding carboxylic acids is 1. The number of benzene rings is 1. The predicted octanol–water partition coefficient (Wildman–Crippen LogP) is 4.32. The van der Waals surface area contributed by atoms with Crippen LogP contribution in [0.4, 0.5) is 30.4 Å². The van der Waals surface area contributed by atoms with Gasteiger partial charge in [-0.2, -0.15) is 18.3 Å². The summed E-state index contributed by atoms with van der Waals surface area (Å²) in [6.45, 7) is 1.75. The maximum Gasteiger partial charge on any atom is 0.419 e. The monoisotopic (exact) mass is 450 g/mol. The van der Waals surface area contributed by atoms with Crippen molar-refractivity contribution in [2.45, 2.75) is 24.5 Å². The molecule has 0 bridgehead atoms. The number of nitrogens with one attached hydrogen (secondary N) is 2. The first-order valence-electron chi connectivity index (χ1n) is 9.13. The van der Waals surface area contributed by atoms with E-state index in [1.165, 1.54) is 17.8 Å². The number of alkyl halides is 3. The summed E-state index contributed by atoms with van der Waals surface area (Å²) >= 11 is 1.43. The number of carbonyl (C=O) groups is 1. The number of halogens is 3. The van der Waals surface area contributed by atoms with Gasteiger partial charge in [-0.3, -0.25) is 9.48 Å². The van der Waals surface area contributed by atoms with Gasteiger partial charge >= 0.3 is 6.18 Å². The second-order valence-corrected chi connectivity index (χ2v) is 7.66. The molecular formula is C20H21F3N6OS. The predicted molar refractivity (Wildman–Crippen MR) is 115 cm³/mol. The minimum atomic E-state index is -4.60. The first-order valence-corrected chi connectivity index (χ1v) is 10.4. The number of hydrogen-bond acceptors (Lipinski definition) is 6. The molecule has 4 N–H and O–H groups in total. The van der Waals surface area contributed by atoms with E-state index in [9.17, 15) is 18.0 Å². The second-order valence-electron chi connectivity index (χ2n) is 6.78. The lowest BCUT2D eigenvalue weighted by molar-refractivity contribution is -0.137. The van der Waals surface area contributed by atoms with E-state index in [0.29, 0.717) is 16.9 Å². The summed E-state index contributed by atoms with van der Waals surface area (Å²) in [5.41, 5.74) is 6.42. The molecule has 2 heterocycles. The van der Waals surface area contributed by atoms with Gasteiger partial charge in [0, 0.05) is 42.5 Å². The number of amides is 1. The quantitative estimate of drug-likeness (QED) is 0.464. The highest BCUT2D eigenvalue weighted by atomic mass is 32.2. The summed E-state index contributed by atoms with van der Waals surface area (Å²) in [5.74, 6) is -0.424. The molecular weight excluding hydrogens is 429 g/mol. The fourth-order valence-electron chi connectivity index (χ4n) is 3.01. The summed E-state index contributed by atoms with van der Waals surface area (Å²) in [5, 5.41) is 9.94. The van der Waals surface area contributed by atoms with Crippen molar-refractivity contribution in [1.82, 2.24) is 14.8 Å². The molecule has 164 valence electrons. The standard InChI is InChI=1S/C20H21F3N6OS/c1-11-17(10-29(2)28-11)27-18-7-16(15(9-26-18)20(21,22)23)25-8-12-4-5-13(31-3)6-14(12)19(24)30/h4-7,9-10H,8H2,1-3H3,(H2,24,30)(H2,25,26,27). The molecule has 0 aliphatic carbocycles. The van der Waals surface area contributed by atoms with Crippen LogP contribution < -0.4 is 16.4 Å². The van der Waals surface area contributed by atoms with Crippen molar-refractivity contribution < 1.29 is 18.0 Å². The number of aromatic nitrogens is 3. The Bertz CT molecular complexity index is 1110. The van der Waals surface area contributed by atoms with Gasteiger partial charge in [0.1, 0.15) is 5.82 Å². The lowest BCUT2D eigenvalue weighted by Gasteiger charge is -2.17. The number of nitrogens with zero attached hydrogens (tertiary/aromatic N) is 3. The first kappa shape index (κ1) is 22.5. The van der Waals surface area contributed by atoms with Crippen LogP contribution in [-0.4, -0.2) is 26.9 Å². The number of pyridine rings is 1. The topological polar surface area (TPSA) is 97.9 Å². The maximum atomic E-state index is 13.5. The Morgan fingerprint density at radius 3 is 2.58 bits per heavy atom. The van der Waals surface area contributed by atoms with Gasteiger partial charge in [0.15, 0.2) is 0 Å². The third-order valence-corrected chi connectivity index (χ3v) is 5.26. The number of thioether (sulfide) groups is 1. The first-order chi connectivity index (χ1) is 14.6. The van der Waals surface area contributed by atoms with Crippen LogP contribution in [0.15, 0.2) is 41.6 Å². The summed E-state index contributed by atoms with van der Waals surface area (Å²) in [4.78, 5) is 16.5. The fraction of sp³-hybridized carbons (Fsp3) is 0.250. The van der Waals surface area contributed by atoms with Gasteiger partial charge < -0.3 is 16.4 Å². The third kappa shape index (κ3) is 5.29. The molecule has 1 amide bonds. The Morgan fingerprint density at radius 1 is 1.26 bits per heavy atom. The van der Waals surface area contributed by atoms with E-state index in [4.69, 9.17) is 5.73 Å². The number of anilines is 3. The van der Waals surface area contributed by atoms with Crippen molar-refractivity contribution >= 4 is 34.9 Å².